The highest BCUT2D eigenvalue weighted by Gasteiger charge is 1.99. The Kier molecular flexibility index (Phi) is 3.33. The van der Waals surface area contributed by atoms with E-state index in [4.69, 9.17) is 9.66 Å². The van der Waals surface area contributed by atoms with Crippen LogP contribution in [0.25, 0.3) is 0 Å². The molecule has 0 saturated heterocycles. The molecule has 2 N–H and O–H groups in total. The van der Waals surface area contributed by atoms with Gasteiger partial charge in [0.25, 0.3) is 0 Å². The van der Waals surface area contributed by atoms with E-state index >= 15 is 0 Å². The third kappa shape index (κ3) is 2.69. The smallest absolute Gasteiger partial charge is 0.157 e. The second kappa shape index (κ2) is 4.30. The molecule has 5 heteroatoms. The third-order valence-electron chi connectivity index (χ3n) is 1.32. The van der Waals surface area contributed by atoms with Crippen LogP contribution < -0.4 is 0 Å². The molecule has 0 spiro atoms. The number of nitrogens with zero attached hydrogens (tertiary/aromatic N) is 1. The molecule has 0 fully saturated rings. The molecule has 1 heterocycles. The molecular weight excluding hydrogens is 178 g/mol. The molecular formula is C7H9NO3S. The van der Waals surface area contributed by atoms with E-state index in [2.05, 4.69) is 4.98 Å². The molecule has 1 unspecified atom stereocenters. The van der Waals surface area contributed by atoms with Crippen LogP contribution in [0.1, 0.15) is 11.1 Å². The Balaban J connectivity index is 2.79. The Morgan fingerprint density at radius 1 is 1.42 bits per heavy atom. The molecule has 0 amide bonds. The molecule has 1 aromatic heterocycles. The third-order valence-corrected chi connectivity index (χ3v) is 1.90. The average molecular weight is 187 g/mol. The number of aliphatic hydroxyl groups is 1. The predicted octanol–water partition coefficient (Wildman–Crippen LogP) is 0.296. The number of hydrogen-bond acceptors (Lipinski definition) is 3. The van der Waals surface area contributed by atoms with Crippen molar-refractivity contribution in [3.8, 4) is 0 Å². The van der Waals surface area contributed by atoms with Crippen LogP contribution in [-0.4, -0.2) is 18.9 Å². The standard InChI is InChI=1S/C7H9NO3S/c9-4-6-1-7(3-8-2-6)5-12(10)11/h1-3,9H,4-5H2,(H,10,11). The molecule has 1 aromatic rings. The van der Waals surface area contributed by atoms with E-state index in [1.807, 2.05) is 0 Å². The normalized spacial score (nSPS) is 12.8. The van der Waals surface area contributed by atoms with Gasteiger partial charge in [-0.05, 0) is 17.2 Å². The number of hydrogen-bond donors (Lipinski definition) is 2. The van der Waals surface area contributed by atoms with Gasteiger partial charge in [0.1, 0.15) is 0 Å². The quantitative estimate of drug-likeness (QED) is 0.667. The Bertz CT molecular complexity index is 290. The van der Waals surface area contributed by atoms with Gasteiger partial charge < -0.3 is 9.66 Å². The van der Waals surface area contributed by atoms with Crippen molar-refractivity contribution in [2.75, 3.05) is 0 Å². The molecule has 0 aliphatic heterocycles. The summed E-state index contributed by atoms with van der Waals surface area (Å²) in [7, 11) is 0. The van der Waals surface area contributed by atoms with Crippen LogP contribution in [-0.2, 0) is 23.4 Å². The van der Waals surface area contributed by atoms with Gasteiger partial charge in [0.2, 0.25) is 0 Å². The van der Waals surface area contributed by atoms with Gasteiger partial charge in [0, 0.05) is 12.4 Å². The lowest BCUT2D eigenvalue weighted by atomic mass is 10.2. The van der Waals surface area contributed by atoms with Gasteiger partial charge in [-0.2, -0.15) is 0 Å². The highest BCUT2D eigenvalue weighted by atomic mass is 32.2. The van der Waals surface area contributed by atoms with Crippen LogP contribution in [0.4, 0.5) is 0 Å². The van der Waals surface area contributed by atoms with Crippen LogP contribution in [0.15, 0.2) is 18.5 Å². The monoisotopic (exact) mass is 187 g/mol. The van der Waals surface area contributed by atoms with Crippen molar-refractivity contribution in [3.63, 3.8) is 0 Å². The molecule has 0 aliphatic carbocycles. The number of pyridine rings is 1. The van der Waals surface area contributed by atoms with E-state index in [-0.39, 0.29) is 12.4 Å². The van der Waals surface area contributed by atoms with E-state index in [0.29, 0.717) is 11.1 Å². The van der Waals surface area contributed by atoms with Crippen LogP contribution in [0.3, 0.4) is 0 Å². The van der Waals surface area contributed by atoms with Gasteiger partial charge in [0.15, 0.2) is 11.1 Å². The molecule has 0 aromatic carbocycles. The fourth-order valence-corrected chi connectivity index (χ4v) is 1.29. The first kappa shape index (κ1) is 9.31. The Labute approximate surface area is 72.6 Å². The number of aliphatic hydroxyl groups excluding tert-OH is 1. The molecule has 12 heavy (non-hydrogen) atoms. The van der Waals surface area contributed by atoms with Crippen molar-refractivity contribution in [3.05, 3.63) is 29.6 Å². The van der Waals surface area contributed by atoms with Gasteiger partial charge >= 0.3 is 0 Å². The first-order valence-electron chi connectivity index (χ1n) is 3.33. The van der Waals surface area contributed by atoms with Gasteiger partial charge in [-0.3, -0.25) is 4.98 Å². The fraction of sp³-hybridized carbons (Fsp3) is 0.286. The minimum Gasteiger partial charge on any atom is -0.392 e. The zero-order valence-corrected chi connectivity index (χ0v) is 7.12. The highest BCUT2D eigenvalue weighted by molar-refractivity contribution is 7.78. The second-order valence-electron chi connectivity index (χ2n) is 2.33. The van der Waals surface area contributed by atoms with E-state index < -0.39 is 11.1 Å². The van der Waals surface area contributed by atoms with Crippen LogP contribution >= 0.6 is 0 Å². The SMILES string of the molecule is O=S(O)Cc1cncc(CO)c1. The van der Waals surface area contributed by atoms with Crippen molar-refractivity contribution < 1.29 is 13.9 Å². The van der Waals surface area contributed by atoms with E-state index in [1.54, 1.807) is 6.07 Å². The van der Waals surface area contributed by atoms with Crippen LogP contribution in [0, 0.1) is 0 Å². The molecule has 1 atom stereocenters. The number of rotatable bonds is 3. The highest BCUT2D eigenvalue weighted by Crippen LogP contribution is 2.04. The average Bonchev–Trinajstić information content (AvgIpc) is 2.03. The van der Waals surface area contributed by atoms with E-state index in [9.17, 15) is 4.21 Å². The second-order valence-corrected chi connectivity index (χ2v) is 3.26. The first-order valence-corrected chi connectivity index (χ1v) is 4.61. The van der Waals surface area contributed by atoms with Gasteiger partial charge in [-0.15, -0.1) is 0 Å². The lowest BCUT2D eigenvalue weighted by molar-refractivity contribution is 0.281. The summed E-state index contributed by atoms with van der Waals surface area (Å²) in [5.74, 6) is 0.0564. The zero-order valence-electron chi connectivity index (χ0n) is 6.30. The number of aromatic nitrogens is 1. The summed E-state index contributed by atoms with van der Waals surface area (Å²) < 4.78 is 18.9. The summed E-state index contributed by atoms with van der Waals surface area (Å²) in [6.07, 6.45) is 3.02. The first-order chi connectivity index (χ1) is 5.72. The summed E-state index contributed by atoms with van der Waals surface area (Å²) in [5, 5.41) is 8.72. The molecule has 0 bridgehead atoms. The van der Waals surface area contributed by atoms with Gasteiger partial charge in [0.05, 0.1) is 12.4 Å². The van der Waals surface area contributed by atoms with Gasteiger partial charge in [-0.1, -0.05) is 0 Å². The molecule has 0 aliphatic rings. The van der Waals surface area contributed by atoms with Gasteiger partial charge in [-0.25, -0.2) is 4.21 Å². The molecule has 4 nitrogen and oxygen atoms in total. The largest absolute Gasteiger partial charge is 0.392 e. The van der Waals surface area contributed by atoms with Crippen molar-refractivity contribution in [1.82, 2.24) is 4.98 Å². The molecule has 66 valence electrons. The zero-order chi connectivity index (χ0) is 8.97. The van der Waals surface area contributed by atoms with E-state index in [1.165, 1.54) is 12.4 Å². The minimum absolute atomic E-state index is 0.0564. The maximum atomic E-state index is 10.4. The van der Waals surface area contributed by atoms with Crippen molar-refractivity contribution in [2.24, 2.45) is 0 Å². The summed E-state index contributed by atoms with van der Waals surface area (Å²) in [4.78, 5) is 3.80. The van der Waals surface area contributed by atoms with E-state index in [0.717, 1.165) is 0 Å². The van der Waals surface area contributed by atoms with Crippen LogP contribution in [0.2, 0.25) is 0 Å². The lowest BCUT2D eigenvalue weighted by Crippen LogP contribution is -1.95. The lowest BCUT2D eigenvalue weighted by Gasteiger charge is -1.98. The topological polar surface area (TPSA) is 70.4 Å². The fourth-order valence-electron chi connectivity index (χ4n) is 0.849. The van der Waals surface area contributed by atoms with Crippen LogP contribution in [0.5, 0.6) is 0 Å². The summed E-state index contributed by atoms with van der Waals surface area (Å²) in [6.45, 7) is -0.0983. The Morgan fingerprint density at radius 3 is 2.67 bits per heavy atom. The molecule has 1 rings (SSSR count). The molecule has 0 radical (unpaired) electrons. The molecule has 0 saturated carbocycles. The van der Waals surface area contributed by atoms with Crippen molar-refractivity contribution in [2.45, 2.75) is 12.4 Å². The maximum Gasteiger partial charge on any atom is 0.157 e. The summed E-state index contributed by atoms with van der Waals surface area (Å²) in [6, 6.07) is 1.65. The Hall–Kier alpha value is -0.780. The summed E-state index contributed by atoms with van der Waals surface area (Å²) in [5.41, 5.74) is 1.31. The minimum atomic E-state index is -1.85. The van der Waals surface area contributed by atoms with Crippen molar-refractivity contribution in [1.29, 1.82) is 0 Å². The maximum absolute atomic E-state index is 10.4. The predicted molar refractivity (Wildman–Crippen MR) is 44.6 cm³/mol. The Morgan fingerprint density at radius 2 is 2.08 bits per heavy atom. The summed E-state index contributed by atoms with van der Waals surface area (Å²) >= 11 is -1.85. The van der Waals surface area contributed by atoms with Crippen molar-refractivity contribution >= 4 is 11.1 Å².